The maximum absolute atomic E-state index is 12.4. The molecule has 18 heavy (non-hydrogen) atoms. The summed E-state index contributed by atoms with van der Waals surface area (Å²) in [5.41, 5.74) is -0.693. The van der Waals surface area contributed by atoms with E-state index in [9.17, 15) is 22.8 Å². The molecular formula is C9H8F3N3O3. The summed E-state index contributed by atoms with van der Waals surface area (Å²) >= 11 is 0. The first-order valence-electron chi connectivity index (χ1n) is 4.85. The summed E-state index contributed by atoms with van der Waals surface area (Å²) in [5, 5.41) is 0. The van der Waals surface area contributed by atoms with Gasteiger partial charge in [-0.05, 0) is 0 Å². The predicted molar refractivity (Wildman–Crippen MR) is 53.0 cm³/mol. The van der Waals surface area contributed by atoms with Crippen LogP contribution in [0.2, 0.25) is 0 Å². The number of nitrogens with one attached hydrogen (secondary N) is 1. The number of amides is 1. The first-order chi connectivity index (χ1) is 8.36. The molecule has 0 aromatic carbocycles. The highest BCUT2D eigenvalue weighted by Gasteiger charge is 2.48. The molecular weight excluding hydrogens is 255 g/mol. The Kier molecular flexibility index (Phi) is 2.85. The van der Waals surface area contributed by atoms with Crippen molar-refractivity contribution < 1.29 is 22.7 Å². The van der Waals surface area contributed by atoms with Gasteiger partial charge in [-0.2, -0.15) is 13.2 Å². The number of carbonyl (C=O) groups is 1. The molecule has 98 valence electrons. The van der Waals surface area contributed by atoms with Crippen molar-refractivity contribution in [3.05, 3.63) is 22.2 Å². The molecule has 1 N–H and O–H groups in total. The lowest BCUT2D eigenvalue weighted by atomic mass is 10.2. The molecule has 0 fully saturated rings. The molecule has 1 unspecified atom stereocenters. The molecule has 0 aliphatic carbocycles. The van der Waals surface area contributed by atoms with Gasteiger partial charge in [0.2, 0.25) is 0 Å². The number of nitrogens with zero attached hydrogens (tertiary/aromatic N) is 2. The molecule has 6 nitrogen and oxygen atoms in total. The van der Waals surface area contributed by atoms with Crippen LogP contribution in [0.4, 0.5) is 19.0 Å². The topological polar surface area (TPSA) is 75.3 Å². The van der Waals surface area contributed by atoms with Crippen molar-refractivity contribution in [2.45, 2.75) is 12.3 Å². The van der Waals surface area contributed by atoms with E-state index in [4.69, 9.17) is 4.74 Å². The number of H-pyrrole nitrogens is 1. The zero-order chi connectivity index (χ0) is 13.5. The molecule has 1 aliphatic rings. The third-order valence-electron chi connectivity index (χ3n) is 2.57. The number of fused-ring (bicyclic) bond motifs is 1. The Bertz CT molecular complexity index is 540. The van der Waals surface area contributed by atoms with E-state index < -0.39 is 23.7 Å². The molecule has 2 heterocycles. The average molecular weight is 263 g/mol. The van der Waals surface area contributed by atoms with Gasteiger partial charge < -0.3 is 9.72 Å². The lowest BCUT2D eigenvalue weighted by Crippen LogP contribution is -2.41. The van der Waals surface area contributed by atoms with Gasteiger partial charge in [0.25, 0.3) is 5.56 Å². The Morgan fingerprint density at radius 2 is 2.28 bits per heavy atom. The predicted octanol–water partition coefficient (Wildman–Crippen LogP) is 0.366. The molecule has 1 aromatic rings. The van der Waals surface area contributed by atoms with Crippen molar-refractivity contribution in [2.24, 2.45) is 0 Å². The zero-order valence-corrected chi connectivity index (χ0v) is 9.11. The number of rotatable bonds is 1. The summed E-state index contributed by atoms with van der Waals surface area (Å²) in [4.78, 5) is 28.9. The Balaban J connectivity index is 2.49. The fourth-order valence-electron chi connectivity index (χ4n) is 1.77. The van der Waals surface area contributed by atoms with Crippen LogP contribution in [0, 0.1) is 0 Å². The largest absolute Gasteiger partial charge is 0.471 e. The number of hydrogen-bond acceptors (Lipinski definition) is 4. The van der Waals surface area contributed by atoms with Crippen LogP contribution in [0.15, 0.2) is 11.1 Å². The molecule has 2 rings (SSSR count). The van der Waals surface area contributed by atoms with Crippen molar-refractivity contribution in [1.82, 2.24) is 9.97 Å². The number of aromatic amines is 1. The third-order valence-corrected chi connectivity index (χ3v) is 2.57. The van der Waals surface area contributed by atoms with Gasteiger partial charge >= 0.3 is 12.1 Å². The van der Waals surface area contributed by atoms with Crippen molar-refractivity contribution in [3.63, 3.8) is 0 Å². The standard InChI is InChI=1S/C9H8F3N3O3/c1-18-4-2-15(8(17)9(10,11)12)6-5(4)7(16)14-3-13-6/h3-4H,2H2,1H3,(H,13,14,16). The number of methoxy groups -OCH3 is 1. The zero-order valence-electron chi connectivity index (χ0n) is 9.11. The van der Waals surface area contributed by atoms with Gasteiger partial charge in [-0.15, -0.1) is 0 Å². The SMILES string of the molecule is COC1CN(C(=O)C(F)(F)F)c2nc[nH]c(=O)c21. The Hall–Kier alpha value is -1.90. The maximum Gasteiger partial charge on any atom is 0.471 e. The molecule has 0 spiro atoms. The first-order valence-corrected chi connectivity index (χ1v) is 4.85. The monoisotopic (exact) mass is 263 g/mol. The summed E-state index contributed by atoms with van der Waals surface area (Å²) in [6, 6.07) is 0. The number of carbonyl (C=O) groups excluding carboxylic acids is 1. The Morgan fingerprint density at radius 1 is 1.61 bits per heavy atom. The Labute approximate surface area is 98.4 Å². The third kappa shape index (κ3) is 1.86. The number of hydrogen-bond donors (Lipinski definition) is 1. The lowest BCUT2D eigenvalue weighted by Gasteiger charge is -2.17. The summed E-state index contributed by atoms with van der Waals surface area (Å²) in [6.07, 6.45) is -5.00. The minimum atomic E-state index is -5.02. The van der Waals surface area contributed by atoms with Crippen molar-refractivity contribution in [2.75, 3.05) is 18.6 Å². The number of aromatic nitrogens is 2. The lowest BCUT2D eigenvalue weighted by molar-refractivity contribution is -0.170. The Morgan fingerprint density at radius 3 is 2.83 bits per heavy atom. The highest BCUT2D eigenvalue weighted by Crippen LogP contribution is 2.34. The van der Waals surface area contributed by atoms with E-state index in [1.54, 1.807) is 0 Å². The van der Waals surface area contributed by atoms with Crippen LogP contribution < -0.4 is 10.5 Å². The molecule has 0 saturated heterocycles. The van der Waals surface area contributed by atoms with Crippen LogP contribution in [0.25, 0.3) is 0 Å². The maximum atomic E-state index is 12.4. The van der Waals surface area contributed by atoms with Gasteiger partial charge in [0.1, 0.15) is 11.9 Å². The summed E-state index contributed by atoms with van der Waals surface area (Å²) in [6.45, 7) is -0.385. The second-order valence-corrected chi connectivity index (χ2v) is 3.61. The fraction of sp³-hybridized carbons (Fsp3) is 0.444. The van der Waals surface area contributed by atoms with Gasteiger partial charge in [0, 0.05) is 7.11 Å². The van der Waals surface area contributed by atoms with Crippen LogP contribution in [-0.4, -0.2) is 35.7 Å². The van der Waals surface area contributed by atoms with Crippen LogP contribution in [0.3, 0.4) is 0 Å². The van der Waals surface area contributed by atoms with E-state index in [-0.39, 0.29) is 17.9 Å². The number of alkyl halides is 3. The molecule has 1 aromatic heterocycles. The first kappa shape index (κ1) is 12.6. The molecule has 1 aliphatic heterocycles. The van der Waals surface area contributed by atoms with E-state index in [0.717, 1.165) is 6.33 Å². The normalized spacial score (nSPS) is 18.9. The minimum absolute atomic E-state index is 0.0717. The molecule has 0 radical (unpaired) electrons. The summed E-state index contributed by atoms with van der Waals surface area (Å²) in [5.74, 6) is -2.38. The highest BCUT2D eigenvalue weighted by atomic mass is 19.4. The van der Waals surface area contributed by atoms with Crippen LogP contribution in [-0.2, 0) is 9.53 Å². The minimum Gasteiger partial charge on any atom is -0.375 e. The van der Waals surface area contributed by atoms with E-state index in [2.05, 4.69) is 9.97 Å². The van der Waals surface area contributed by atoms with E-state index in [0.29, 0.717) is 4.90 Å². The van der Waals surface area contributed by atoms with Gasteiger partial charge in [-0.25, -0.2) is 4.98 Å². The van der Waals surface area contributed by atoms with Crippen molar-refractivity contribution in [1.29, 1.82) is 0 Å². The number of halogens is 3. The molecule has 9 heteroatoms. The van der Waals surface area contributed by atoms with Crippen LogP contribution in [0.1, 0.15) is 11.7 Å². The van der Waals surface area contributed by atoms with Crippen molar-refractivity contribution in [3.8, 4) is 0 Å². The van der Waals surface area contributed by atoms with Gasteiger partial charge in [0.15, 0.2) is 0 Å². The summed E-state index contributed by atoms with van der Waals surface area (Å²) in [7, 11) is 1.24. The number of ether oxygens (including phenoxy) is 1. The molecule has 1 amide bonds. The van der Waals surface area contributed by atoms with E-state index in [1.165, 1.54) is 7.11 Å². The van der Waals surface area contributed by atoms with Gasteiger partial charge in [-0.1, -0.05) is 0 Å². The smallest absolute Gasteiger partial charge is 0.375 e. The number of anilines is 1. The van der Waals surface area contributed by atoms with Crippen LogP contribution in [0.5, 0.6) is 0 Å². The van der Waals surface area contributed by atoms with Crippen LogP contribution >= 0.6 is 0 Å². The van der Waals surface area contributed by atoms with E-state index >= 15 is 0 Å². The van der Waals surface area contributed by atoms with Gasteiger partial charge in [-0.3, -0.25) is 14.5 Å². The molecule has 1 atom stereocenters. The molecule has 0 bridgehead atoms. The van der Waals surface area contributed by atoms with Crippen molar-refractivity contribution >= 4 is 11.7 Å². The fourth-order valence-corrected chi connectivity index (χ4v) is 1.77. The quantitative estimate of drug-likeness (QED) is 0.794. The molecule has 0 saturated carbocycles. The highest BCUT2D eigenvalue weighted by molar-refractivity contribution is 5.98. The second-order valence-electron chi connectivity index (χ2n) is 3.61. The average Bonchev–Trinajstić information content (AvgIpc) is 2.67. The second kappa shape index (κ2) is 4.09. The summed E-state index contributed by atoms with van der Waals surface area (Å²) < 4.78 is 42.0. The van der Waals surface area contributed by atoms with Gasteiger partial charge in [0.05, 0.1) is 18.4 Å². The van der Waals surface area contributed by atoms with E-state index in [1.807, 2.05) is 0 Å².